The maximum atomic E-state index is 12.3. The van der Waals surface area contributed by atoms with Crippen LogP contribution in [0.1, 0.15) is 11.5 Å². The molecule has 0 aliphatic carbocycles. The highest BCUT2D eigenvalue weighted by atomic mass is 19.4. The average Bonchev–Trinajstić information content (AvgIpc) is 2.76. The summed E-state index contributed by atoms with van der Waals surface area (Å²) in [5, 5.41) is 2.96. The second-order valence-corrected chi connectivity index (χ2v) is 3.46. The van der Waals surface area contributed by atoms with Crippen LogP contribution in [0.25, 0.3) is 0 Å². The van der Waals surface area contributed by atoms with Gasteiger partial charge >= 0.3 is 6.18 Å². The predicted octanol–water partition coefficient (Wildman–Crippen LogP) is 3.04. The van der Waals surface area contributed by atoms with Gasteiger partial charge in [0.2, 0.25) is 0 Å². The van der Waals surface area contributed by atoms with Gasteiger partial charge in [-0.05, 0) is 12.1 Å². The molecule has 0 aliphatic heterocycles. The van der Waals surface area contributed by atoms with Gasteiger partial charge < -0.3 is 10.3 Å². The predicted molar refractivity (Wildman–Crippen MR) is 57.4 cm³/mol. The van der Waals surface area contributed by atoms with Crippen molar-refractivity contribution >= 4 is 5.69 Å². The van der Waals surface area contributed by atoms with Gasteiger partial charge in [-0.1, -0.05) is 18.2 Å². The summed E-state index contributed by atoms with van der Waals surface area (Å²) >= 11 is 0. The average molecular weight is 241 g/mol. The van der Waals surface area contributed by atoms with Crippen molar-refractivity contribution in [3.05, 3.63) is 48.0 Å². The maximum absolute atomic E-state index is 12.3. The maximum Gasteiger partial charge on any atom is 0.432 e. The number of imidazole rings is 1. The Labute approximate surface area is 95.7 Å². The minimum absolute atomic E-state index is 0.222. The van der Waals surface area contributed by atoms with E-state index in [0.717, 1.165) is 11.9 Å². The number of para-hydroxylation sites is 1. The molecule has 0 amide bonds. The van der Waals surface area contributed by atoms with E-state index in [1.807, 2.05) is 30.3 Å². The quantitative estimate of drug-likeness (QED) is 0.867. The van der Waals surface area contributed by atoms with E-state index in [2.05, 4.69) is 15.3 Å². The van der Waals surface area contributed by atoms with Gasteiger partial charge in [0.1, 0.15) is 11.5 Å². The number of halogens is 3. The Morgan fingerprint density at radius 2 is 1.88 bits per heavy atom. The van der Waals surface area contributed by atoms with E-state index < -0.39 is 11.9 Å². The van der Waals surface area contributed by atoms with Crippen LogP contribution in [-0.2, 0) is 12.7 Å². The number of benzene rings is 1. The van der Waals surface area contributed by atoms with Crippen LogP contribution in [0.5, 0.6) is 0 Å². The molecular weight excluding hydrogens is 231 g/mol. The summed E-state index contributed by atoms with van der Waals surface area (Å²) in [5.74, 6) is 0.251. The molecule has 0 aliphatic rings. The topological polar surface area (TPSA) is 40.7 Å². The summed E-state index contributed by atoms with van der Waals surface area (Å²) in [6.07, 6.45) is -3.58. The number of aromatic amines is 1. The molecule has 1 aromatic heterocycles. The Balaban J connectivity index is 1.99. The smallest absolute Gasteiger partial charge is 0.378 e. The number of hydrogen-bond donors (Lipinski definition) is 2. The summed E-state index contributed by atoms with van der Waals surface area (Å²) < 4.78 is 36.8. The molecule has 0 atom stereocenters. The van der Waals surface area contributed by atoms with Crippen LogP contribution in [0, 0.1) is 0 Å². The molecule has 90 valence electrons. The van der Waals surface area contributed by atoms with Crippen molar-refractivity contribution in [1.29, 1.82) is 0 Å². The van der Waals surface area contributed by atoms with Gasteiger partial charge in [0.25, 0.3) is 0 Å². The lowest BCUT2D eigenvalue weighted by Gasteiger charge is -2.04. The minimum Gasteiger partial charge on any atom is -0.378 e. The molecule has 17 heavy (non-hydrogen) atoms. The fourth-order valence-electron chi connectivity index (χ4n) is 1.34. The summed E-state index contributed by atoms with van der Waals surface area (Å²) in [5.41, 5.74) is -0.000166. The molecule has 0 saturated carbocycles. The van der Waals surface area contributed by atoms with E-state index in [1.54, 1.807) is 0 Å². The number of aromatic nitrogens is 2. The van der Waals surface area contributed by atoms with Crippen molar-refractivity contribution in [1.82, 2.24) is 9.97 Å². The number of hydrogen-bond acceptors (Lipinski definition) is 2. The molecule has 0 saturated heterocycles. The molecule has 0 radical (unpaired) electrons. The normalized spacial score (nSPS) is 11.5. The van der Waals surface area contributed by atoms with Gasteiger partial charge in [-0.15, -0.1) is 0 Å². The largest absolute Gasteiger partial charge is 0.432 e. The van der Waals surface area contributed by atoms with Gasteiger partial charge in [-0.3, -0.25) is 0 Å². The lowest BCUT2D eigenvalue weighted by molar-refractivity contribution is -0.140. The zero-order chi connectivity index (χ0) is 12.3. The van der Waals surface area contributed by atoms with E-state index in [9.17, 15) is 13.2 Å². The van der Waals surface area contributed by atoms with Crippen LogP contribution in [0.15, 0.2) is 36.5 Å². The Kier molecular flexibility index (Phi) is 3.03. The molecule has 2 aromatic rings. The number of nitrogens with zero attached hydrogens (tertiary/aromatic N) is 1. The van der Waals surface area contributed by atoms with Crippen molar-refractivity contribution in [2.45, 2.75) is 12.7 Å². The number of alkyl halides is 3. The Morgan fingerprint density at radius 3 is 2.47 bits per heavy atom. The van der Waals surface area contributed by atoms with Crippen molar-refractivity contribution in [3.63, 3.8) is 0 Å². The third kappa shape index (κ3) is 2.99. The molecule has 0 unspecified atom stereocenters. The molecular formula is C11H10F3N3. The number of nitrogens with one attached hydrogen (secondary N) is 2. The lowest BCUT2D eigenvalue weighted by Crippen LogP contribution is -2.06. The molecule has 2 rings (SSSR count). The van der Waals surface area contributed by atoms with Crippen LogP contribution in [0.2, 0.25) is 0 Å². The molecule has 0 bridgehead atoms. The van der Waals surface area contributed by atoms with E-state index in [-0.39, 0.29) is 12.4 Å². The van der Waals surface area contributed by atoms with Crippen molar-refractivity contribution in [2.75, 3.05) is 5.32 Å². The van der Waals surface area contributed by atoms with Crippen molar-refractivity contribution in [3.8, 4) is 0 Å². The Bertz CT molecular complexity index is 476. The van der Waals surface area contributed by atoms with Gasteiger partial charge in [0.05, 0.1) is 12.7 Å². The second-order valence-electron chi connectivity index (χ2n) is 3.46. The fourth-order valence-corrected chi connectivity index (χ4v) is 1.34. The zero-order valence-electron chi connectivity index (χ0n) is 8.75. The van der Waals surface area contributed by atoms with E-state index in [4.69, 9.17) is 0 Å². The number of rotatable bonds is 3. The second kappa shape index (κ2) is 4.48. The number of anilines is 1. The first-order valence-corrected chi connectivity index (χ1v) is 4.96. The summed E-state index contributed by atoms with van der Waals surface area (Å²) in [7, 11) is 0. The first-order chi connectivity index (χ1) is 8.05. The van der Waals surface area contributed by atoms with Crippen LogP contribution in [0.3, 0.4) is 0 Å². The Morgan fingerprint density at radius 1 is 1.18 bits per heavy atom. The molecule has 1 aromatic carbocycles. The SMILES string of the molecule is FC(F)(F)c1cnc(CNc2ccccc2)[nH]1. The van der Waals surface area contributed by atoms with Crippen molar-refractivity contribution < 1.29 is 13.2 Å². The summed E-state index contributed by atoms with van der Waals surface area (Å²) in [6, 6.07) is 9.19. The Hall–Kier alpha value is -1.98. The first kappa shape index (κ1) is 11.5. The van der Waals surface area contributed by atoms with Crippen LogP contribution in [-0.4, -0.2) is 9.97 Å². The fraction of sp³-hybridized carbons (Fsp3) is 0.182. The summed E-state index contributed by atoms with van der Waals surface area (Å²) in [6.45, 7) is 0.222. The third-order valence-electron chi connectivity index (χ3n) is 2.17. The summed E-state index contributed by atoms with van der Waals surface area (Å²) in [4.78, 5) is 5.88. The van der Waals surface area contributed by atoms with Gasteiger partial charge in [0, 0.05) is 5.69 Å². The van der Waals surface area contributed by atoms with Crippen LogP contribution >= 0.6 is 0 Å². The number of H-pyrrole nitrogens is 1. The van der Waals surface area contributed by atoms with Gasteiger partial charge in [0.15, 0.2) is 0 Å². The standard InChI is InChI=1S/C11H10F3N3/c12-11(13,14)9-6-16-10(17-9)7-15-8-4-2-1-3-5-8/h1-6,15H,7H2,(H,16,17). The zero-order valence-corrected chi connectivity index (χ0v) is 8.75. The highest BCUT2D eigenvalue weighted by molar-refractivity contribution is 5.42. The van der Waals surface area contributed by atoms with Gasteiger partial charge in [-0.25, -0.2) is 4.98 Å². The molecule has 6 heteroatoms. The van der Waals surface area contributed by atoms with E-state index in [0.29, 0.717) is 0 Å². The highest BCUT2D eigenvalue weighted by Gasteiger charge is 2.32. The first-order valence-electron chi connectivity index (χ1n) is 4.96. The van der Waals surface area contributed by atoms with Crippen molar-refractivity contribution in [2.24, 2.45) is 0 Å². The molecule has 3 nitrogen and oxygen atoms in total. The molecule has 2 N–H and O–H groups in total. The highest BCUT2D eigenvalue weighted by Crippen LogP contribution is 2.27. The molecule has 0 spiro atoms. The van der Waals surface area contributed by atoms with Crippen LogP contribution < -0.4 is 5.32 Å². The lowest BCUT2D eigenvalue weighted by atomic mass is 10.3. The minimum atomic E-state index is -4.38. The molecule has 1 heterocycles. The third-order valence-corrected chi connectivity index (χ3v) is 2.17. The molecule has 0 fully saturated rings. The monoisotopic (exact) mass is 241 g/mol. The van der Waals surface area contributed by atoms with Gasteiger partial charge in [-0.2, -0.15) is 13.2 Å². The van der Waals surface area contributed by atoms with Crippen LogP contribution in [0.4, 0.5) is 18.9 Å². The van der Waals surface area contributed by atoms with E-state index >= 15 is 0 Å². The van der Waals surface area contributed by atoms with E-state index in [1.165, 1.54) is 0 Å².